The van der Waals surface area contributed by atoms with Crippen molar-refractivity contribution >= 4 is 51.1 Å². The second-order valence-corrected chi connectivity index (χ2v) is 7.86. The molecule has 1 N–H and O–H groups in total. The maximum absolute atomic E-state index is 14.1. The largest absolute Gasteiger partial charge is 0.431 e. The SMILES string of the molecule is FC(F)(F)C1=CC(c2ccccc2Cl)N=C(Nc2nc3ccccc3o2)N1c1nncs1. The molecule has 2 aromatic carbocycles. The zero-order chi connectivity index (χ0) is 22.3. The van der Waals surface area contributed by atoms with Gasteiger partial charge in [-0.15, -0.1) is 10.2 Å². The summed E-state index contributed by atoms with van der Waals surface area (Å²) < 4.78 is 48.1. The fraction of sp³-hybridized carbons (Fsp3) is 0.100. The van der Waals surface area contributed by atoms with Gasteiger partial charge < -0.3 is 4.42 Å². The molecule has 32 heavy (non-hydrogen) atoms. The van der Waals surface area contributed by atoms with Gasteiger partial charge in [0.25, 0.3) is 0 Å². The number of oxazole rings is 1. The van der Waals surface area contributed by atoms with Crippen molar-refractivity contribution < 1.29 is 17.6 Å². The van der Waals surface area contributed by atoms with E-state index in [1.807, 2.05) is 0 Å². The highest BCUT2D eigenvalue weighted by atomic mass is 35.5. The Hall–Kier alpha value is -3.44. The highest BCUT2D eigenvalue weighted by Crippen LogP contribution is 2.40. The van der Waals surface area contributed by atoms with Gasteiger partial charge in [0, 0.05) is 5.02 Å². The van der Waals surface area contributed by atoms with Crippen molar-refractivity contribution in [1.29, 1.82) is 0 Å². The average molecular weight is 477 g/mol. The number of hydrogen-bond acceptors (Lipinski definition) is 8. The summed E-state index contributed by atoms with van der Waals surface area (Å²) in [5.41, 5.74) is 1.80. The maximum Gasteiger partial charge on any atom is 0.431 e. The minimum absolute atomic E-state index is 0.0131. The molecule has 4 aromatic rings. The van der Waals surface area contributed by atoms with E-state index in [9.17, 15) is 13.2 Å². The molecule has 0 fully saturated rings. The molecule has 162 valence electrons. The van der Waals surface area contributed by atoms with Gasteiger partial charge in [0.15, 0.2) is 5.58 Å². The van der Waals surface area contributed by atoms with Gasteiger partial charge in [-0.05, 0) is 29.8 Å². The number of nitrogens with zero attached hydrogens (tertiary/aromatic N) is 5. The molecule has 5 rings (SSSR count). The number of alkyl halides is 3. The molecule has 1 aliphatic heterocycles. The molecule has 0 radical (unpaired) electrons. The standard InChI is InChI=1S/C20H12ClF3N6OS/c21-12-6-2-1-5-11(12)14-9-16(20(22,23)24)30(19-29-25-10-32-19)17(26-14)28-18-27-13-7-3-4-8-15(13)31-18/h1-10,14H,(H,26,27,28). The molecule has 2 aromatic heterocycles. The number of para-hydroxylation sites is 2. The van der Waals surface area contributed by atoms with Crippen molar-refractivity contribution in [1.82, 2.24) is 15.2 Å². The molecule has 0 saturated carbocycles. The number of aliphatic imine (C=N–C) groups is 1. The second-order valence-electron chi connectivity index (χ2n) is 6.64. The topological polar surface area (TPSA) is 79.4 Å². The lowest BCUT2D eigenvalue weighted by molar-refractivity contribution is -0.0927. The van der Waals surface area contributed by atoms with Crippen LogP contribution in [0.2, 0.25) is 5.02 Å². The maximum atomic E-state index is 14.1. The predicted molar refractivity (Wildman–Crippen MR) is 116 cm³/mol. The molecular weight excluding hydrogens is 465 g/mol. The van der Waals surface area contributed by atoms with Crippen LogP contribution in [0.25, 0.3) is 11.1 Å². The minimum atomic E-state index is -4.71. The number of benzene rings is 2. The van der Waals surface area contributed by atoms with E-state index >= 15 is 0 Å². The van der Waals surface area contributed by atoms with E-state index in [1.54, 1.807) is 48.5 Å². The Morgan fingerprint density at radius 3 is 2.59 bits per heavy atom. The zero-order valence-corrected chi connectivity index (χ0v) is 17.5. The first-order valence-corrected chi connectivity index (χ1v) is 10.5. The fourth-order valence-electron chi connectivity index (χ4n) is 3.23. The van der Waals surface area contributed by atoms with Gasteiger partial charge in [-0.3, -0.25) is 5.32 Å². The van der Waals surface area contributed by atoms with Crippen LogP contribution in [0.1, 0.15) is 11.6 Å². The van der Waals surface area contributed by atoms with Crippen LogP contribution in [-0.2, 0) is 0 Å². The molecule has 0 saturated heterocycles. The van der Waals surface area contributed by atoms with Crippen LogP contribution in [0.15, 0.2) is 75.2 Å². The molecule has 0 bridgehead atoms. The van der Waals surface area contributed by atoms with Gasteiger partial charge in [0.1, 0.15) is 22.8 Å². The van der Waals surface area contributed by atoms with E-state index in [0.717, 1.165) is 22.3 Å². The Morgan fingerprint density at radius 1 is 1.09 bits per heavy atom. The summed E-state index contributed by atoms with van der Waals surface area (Å²) in [7, 11) is 0. The van der Waals surface area contributed by atoms with Crippen molar-refractivity contribution in [3.63, 3.8) is 0 Å². The number of nitrogens with one attached hydrogen (secondary N) is 1. The lowest BCUT2D eigenvalue weighted by Gasteiger charge is -2.32. The molecule has 3 heterocycles. The third-order valence-electron chi connectivity index (χ3n) is 4.60. The number of guanidine groups is 1. The summed E-state index contributed by atoms with van der Waals surface area (Å²) in [6.07, 6.45) is -3.71. The Bertz CT molecular complexity index is 1300. The number of hydrogen-bond donors (Lipinski definition) is 1. The zero-order valence-electron chi connectivity index (χ0n) is 15.9. The minimum Gasteiger partial charge on any atom is -0.423 e. The van der Waals surface area contributed by atoms with E-state index in [2.05, 4.69) is 25.5 Å². The molecule has 0 aliphatic carbocycles. The summed E-state index contributed by atoms with van der Waals surface area (Å²) in [6, 6.07) is 12.5. The number of halogens is 4. The van der Waals surface area contributed by atoms with Crippen molar-refractivity contribution in [3.8, 4) is 0 Å². The Morgan fingerprint density at radius 2 is 1.88 bits per heavy atom. The summed E-state index contributed by atoms with van der Waals surface area (Å²) >= 11 is 7.19. The molecular formula is C20H12ClF3N6OS. The molecule has 1 unspecified atom stereocenters. The molecule has 1 atom stereocenters. The quantitative estimate of drug-likeness (QED) is 0.402. The summed E-state index contributed by atoms with van der Waals surface area (Å²) in [5, 5.41) is 10.5. The lowest BCUT2D eigenvalue weighted by atomic mass is 10.0. The van der Waals surface area contributed by atoms with Crippen LogP contribution in [0.3, 0.4) is 0 Å². The van der Waals surface area contributed by atoms with E-state index in [0.29, 0.717) is 21.7 Å². The first-order valence-electron chi connectivity index (χ1n) is 9.20. The van der Waals surface area contributed by atoms with Gasteiger partial charge in [-0.2, -0.15) is 18.2 Å². The number of rotatable bonds is 3. The molecule has 0 amide bonds. The summed E-state index contributed by atoms with van der Waals surface area (Å²) in [5.74, 6) is -0.173. The third-order valence-corrected chi connectivity index (χ3v) is 5.62. The van der Waals surface area contributed by atoms with E-state index in [1.165, 1.54) is 5.51 Å². The average Bonchev–Trinajstić information content (AvgIpc) is 3.42. The monoisotopic (exact) mass is 476 g/mol. The number of aromatic nitrogens is 3. The van der Waals surface area contributed by atoms with Crippen molar-refractivity contribution in [3.05, 3.63) is 76.4 Å². The molecule has 1 aliphatic rings. The van der Waals surface area contributed by atoms with Crippen LogP contribution in [0, 0.1) is 0 Å². The van der Waals surface area contributed by atoms with Gasteiger partial charge in [0.05, 0.1) is 0 Å². The van der Waals surface area contributed by atoms with Crippen LogP contribution in [0.5, 0.6) is 0 Å². The highest BCUT2D eigenvalue weighted by molar-refractivity contribution is 7.13. The van der Waals surface area contributed by atoms with Crippen molar-refractivity contribution in [2.24, 2.45) is 4.99 Å². The first-order chi connectivity index (χ1) is 15.4. The number of allylic oxidation sites excluding steroid dienone is 1. The Balaban J connectivity index is 1.64. The van der Waals surface area contributed by atoms with Crippen LogP contribution in [-0.4, -0.2) is 27.3 Å². The fourth-order valence-corrected chi connectivity index (χ4v) is 4.05. The summed E-state index contributed by atoms with van der Waals surface area (Å²) in [4.78, 5) is 9.62. The second kappa shape index (κ2) is 7.92. The van der Waals surface area contributed by atoms with E-state index < -0.39 is 17.9 Å². The summed E-state index contributed by atoms with van der Waals surface area (Å²) in [6.45, 7) is 0. The van der Waals surface area contributed by atoms with Crippen LogP contribution >= 0.6 is 22.9 Å². The van der Waals surface area contributed by atoms with Crippen LogP contribution < -0.4 is 10.2 Å². The van der Waals surface area contributed by atoms with Gasteiger partial charge in [-0.1, -0.05) is 53.3 Å². The van der Waals surface area contributed by atoms with Gasteiger partial charge >= 0.3 is 12.2 Å². The molecule has 7 nitrogen and oxygen atoms in total. The van der Waals surface area contributed by atoms with Crippen molar-refractivity contribution in [2.45, 2.75) is 12.2 Å². The Labute approximate surface area is 187 Å². The van der Waals surface area contributed by atoms with Crippen LogP contribution in [0.4, 0.5) is 24.3 Å². The van der Waals surface area contributed by atoms with Gasteiger partial charge in [-0.25, -0.2) is 9.89 Å². The highest BCUT2D eigenvalue weighted by Gasteiger charge is 2.44. The van der Waals surface area contributed by atoms with E-state index in [-0.39, 0.29) is 17.1 Å². The smallest absolute Gasteiger partial charge is 0.423 e. The molecule has 0 spiro atoms. The lowest BCUT2D eigenvalue weighted by Crippen LogP contribution is -2.43. The number of fused-ring (bicyclic) bond motifs is 1. The third kappa shape index (κ3) is 3.80. The van der Waals surface area contributed by atoms with Gasteiger partial charge in [0.2, 0.25) is 11.1 Å². The van der Waals surface area contributed by atoms with Crippen molar-refractivity contribution in [2.75, 3.05) is 10.2 Å². The molecule has 12 heteroatoms. The number of anilines is 2. The first kappa shape index (κ1) is 20.5. The normalized spacial score (nSPS) is 16.8. The predicted octanol–water partition coefficient (Wildman–Crippen LogP) is 5.81. The van der Waals surface area contributed by atoms with E-state index in [4.69, 9.17) is 16.0 Å². The Kier molecular flexibility index (Phi) is 5.06.